The Balaban J connectivity index is 0.874. The van der Waals surface area contributed by atoms with E-state index in [1.165, 1.54) is 90.5 Å². The van der Waals surface area contributed by atoms with E-state index in [1.807, 2.05) is 0 Å². The van der Waals surface area contributed by atoms with Gasteiger partial charge in [-0.1, -0.05) is 154 Å². The van der Waals surface area contributed by atoms with Crippen LogP contribution in [0.15, 0.2) is 163 Å². The van der Waals surface area contributed by atoms with E-state index in [1.54, 1.807) is 0 Å². The highest BCUT2D eigenvalue weighted by atomic mass is 15.2. The molecule has 2 nitrogen and oxygen atoms in total. The molecule has 0 N–H and O–H groups in total. The van der Waals surface area contributed by atoms with E-state index in [-0.39, 0.29) is 10.8 Å². The molecule has 0 spiro atoms. The predicted molar refractivity (Wildman–Crippen MR) is 238 cm³/mol. The Labute approximate surface area is 331 Å². The van der Waals surface area contributed by atoms with Gasteiger partial charge in [0, 0.05) is 46.6 Å². The van der Waals surface area contributed by atoms with Crippen LogP contribution < -0.4 is 9.80 Å². The summed E-state index contributed by atoms with van der Waals surface area (Å²) in [4.78, 5) is 5.11. The molecule has 6 aromatic carbocycles. The van der Waals surface area contributed by atoms with Gasteiger partial charge in [0.1, 0.15) is 0 Å². The van der Waals surface area contributed by atoms with Crippen molar-refractivity contribution in [3.8, 4) is 0 Å². The number of rotatable bonds is 4. The van der Waals surface area contributed by atoms with E-state index < -0.39 is 0 Å². The van der Waals surface area contributed by atoms with Crippen molar-refractivity contribution in [3.05, 3.63) is 197 Å². The van der Waals surface area contributed by atoms with Crippen LogP contribution in [-0.2, 0) is 23.7 Å². The van der Waals surface area contributed by atoms with E-state index in [0.717, 1.165) is 13.0 Å². The molecular formula is C54H48N2. The van der Waals surface area contributed by atoms with Gasteiger partial charge in [0.15, 0.2) is 0 Å². The number of aryl methyl sites for hydroxylation is 1. The molecule has 4 unspecified atom stereocenters. The second-order valence-corrected chi connectivity index (χ2v) is 17.5. The number of hydrogen-bond donors (Lipinski definition) is 0. The normalized spacial score (nSPS) is 24.2. The van der Waals surface area contributed by atoms with Crippen molar-refractivity contribution in [1.29, 1.82) is 0 Å². The quantitative estimate of drug-likeness (QED) is 0.132. The van der Waals surface area contributed by atoms with Crippen molar-refractivity contribution in [2.75, 3.05) is 16.3 Å². The summed E-state index contributed by atoms with van der Waals surface area (Å²) in [6.45, 7) is 8.43. The molecule has 2 aliphatic heterocycles. The Hall–Kier alpha value is -5.86. The Kier molecular flexibility index (Phi) is 7.52. The van der Waals surface area contributed by atoms with Crippen molar-refractivity contribution in [1.82, 2.24) is 0 Å². The molecular weight excluding hydrogens is 677 g/mol. The number of allylic oxidation sites excluding steroid dienone is 5. The fraction of sp³-hybridized carbons (Fsp3) is 0.222. The molecule has 0 saturated heterocycles. The average molecular weight is 725 g/mol. The zero-order valence-electron chi connectivity index (χ0n) is 32.6. The molecule has 274 valence electrons. The molecule has 6 aromatic rings. The standard InChI is InChI=1S/C54H48N2/c1-53(2)48-32-37(21-27-47(48)54(3)29-28-43(35-52(53)54)55-30-10-14-38-11-4-7-15-49(38)55)19-18-36-20-25-45-39(31-36)22-23-40-34-44(24-26-46(40)45)56-50-16-8-5-12-41(50)33-42-13-6-9-17-51(42)56/h4-9,11-13,15-29,31-32,34-35,41,50,52H,10,14,30,33H2,1-3H3. The fourth-order valence-corrected chi connectivity index (χ4v) is 11.1. The molecule has 56 heavy (non-hydrogen) atoms. The van der Waals surface area contributed by atoms with Gasteiger partial charge in [-0.15, -0.1) is 0 Å². The van der Waals surface area contributed by atoms with Crippen molar-refractivity contribution in [2.45, 2.75) is 56.9 Å². The first-order valence-electron chi connectivity index (χ1n) is 20.6. The smallest absolute Gasteiger partial charge is 0.0591 e. The summed E-state index contributed by atoms with van der Waals surface area (Å²) in [5, 5.41) is 5.15. The van der Waals surface area contributed by atoms with Crippen LogP contribution in [0.1, 0.15) is 60.6 Å². The van der Waals surface area contributed by atoms with E-state index in [4.69, 9.17) is 0 Å². The summed E-state index contributed by atoms with van der Waals surface area (Å²) in [6, 6.07) is 44.0. The summed E-state index contributed by atoms with van der Waals surface area (Å²) in [5.74, 6) is 0.870. The molecule has 2 heterocycles. The number of para-hydroxylation sites is 2. The van der Waals surface area contributed by atoms with Gasteiger partial charge in [0.05, 0.1) is 6.04 Å². The van der Waals surface area contributed by atoms with Gasteiger partial charge in [0.2, 0.25) is 0 Å². The molecule has 0 saturated carbocycles. The number of benzene rings is 6. The second kappa shape index (κ2) is 12.6. The minimum absolute atomic E-state index is 0.00631. The van der Waals surface area contributed by atoms with E-state index >= 15 is 0 Å². The Morgan fingerprint density at radius 1 is 0.661 bits per heavy atom. The van der Waals surface area contributed by atoms with E-state index in [9.17, 15) is 0 Å². The third kappa shape index (κ3) is 5.15. The Morgan fingerprint density at radius 3 is 2.23 bits per heavy atom. The van der Waals surface area contributed by atoms with Gasteiger partial charge in [-0.05, 0) is 116 Å². The van der Waals surface area contributed by atoms with Crippen LogP contribution >= 0.6 is 0 Å². The van der Waals surface area contributed by atoms with Crippen LogP contribution in [0.25, 0.3) is 33.7 Å². The van der Waals surface area contributed by atoms with Crippen LogP contribution in [0, 0.1) is 11.8 Å². The van der Waals surface area contributed by atoms with Crippen LogP contribution in [0.4, 0.5) is 17.1 Å². The summed E-state index contributed by atoms with van der Waals surface area (Å²) in [6.07, 6.45) is 24.7. The van der Waals surface area contributed by atoms with E-state index in [0.29, 0.717) is 17.9 Å². The molecule has 5 aliphatic rings. The summed E-state index contributed by atoms with van der Waals surface area (Å²) < 4.78 is 0. The zero-order chi connectivity index (χ0) is 37.6. The first-order chi connectivity index (χ1) is 27.3. The van der Waals surface area contributed by atoms with Crippen LogP contribution in [0.3, 0.4) is 0 Å². The molecule has 3 aliphatic carbocycles. The van der Waals surface area contributed by atoms with Gasteiger partial charge in [0.25, 0.3) is 0 Å². The molecule has 0 aromatic heterocycles. The molecule has 11 rings (SSSR count). The van der Waals surface area contributed by atoms with Gasteiger partial charge >= 0.3 is 0 Å². The third-order valence-corrected chi connectivity index (χ3v) is 13.9. The lowest BCUT2D eigenvalue weighted by Gasteiger charge is -2.42. The molecule has 0 radical (unpaired) electrons. The van der Waals surface area contributed by atoms with Crippen LogP contribution in [0.2, 0.25) is 0 Å². The van der Waals surface area contributed by atoms with Gasteiger partial charge in [-0.2, -0.15) is 0 Å². The lowest BCUT2D eigenvalue weighted by molar-refractivity contribution is 0.321. The van der Waals surface area contributed by atoms with E-state index in [2.05, 4.69) is 201 Å². The molecule has 0 bridgehead atoms. The Morgan fingerprint density at radius 2 is 1.38 bits per heavy atom. The lowest BCUT2D eigenvalue weighted by Crippen LogP contribution is -2.41. The first-order valence-corrected chi connectivity index (χ1v) is 20.6. The Bertz CT molecular complexity index is 2740. The third-order valence-electron chi connectivity index (χ3n) is 13.9. The highest BCUT2D eigenvalue weighted by Gasteiger charge is 2.52. The number of nitrogens with zero attached hydrogens (tertiary/aromatic N) is 2. The zero-order valence-corrected chi connectivity index (χ0v) is 32.6. The molecule has 0 fully saturated rings. The van der Waals surface area contributed by atoms with Crippen molar-refractivity contribution in [3.63, 3.8) is 0 Å². The average Bonchev–Trinajstić information content (AvgIpc) is 3.41. The van der Waals surface area contributed by atoms with Gasteiger partial charge in [-0.3, -0.25) is 0 Å². The maximum Gasteiger partial charge on any atom is 0.0591 e. The molecule has 0 amide bonds. The summed E-state index contributed by atoms with van der Waals surface area (Å²) >= 11 is 0. The SMILES string of the molecule is CC1(C)c2cc(C=Cc3ccc4c(ccc5cc(N6c7ccccc7CC7C=CC=CC76)ccc54)c3)ccc2C2(C)C=CC(N3CCCc4ccccc43)=CC12. The number of fused-ring (bicyclic) bond motifs is 9. The lowest BCUT2D eigenvalue weighted by atomic mass is 9.66. The van der Waals surface area contributed by atoms with Crippen molar-refractivity contribution < 1.29 is 0 Å². The largest absolute Gasteiger partial charge is 0.342 e. The summed E-state index contributed by atoms with van der Waals surface area (Å²) in [7, 11) is 0. The minimum atomic E-state index is -0.0211. The van der Waals surface area contributed by atoms with Gasteiger partial charge in [-0.25, -0.2) is 0 Å². The van der Waals surface area contributed by atoms with Crippen molar-refractivity contribution in [2.24, 2.45) is 11.8 Å². The number of anilines is 3. The van der Waals surface area contributed by atoms with Crippen LogP contribution in [0.5, 0.6) is 0 Å². The number of hydrogen-bond acceptors (Lipinski definition) is 2. The first kappa shape index (κ1) is 33.5. The highest BCUT2D eigenvalue weighted by Crippen LogP contribution is 2.57. The fourth-order valence-electron chi connectivity index (χ4n) is 11.1. The summed E-state index contributed by atoms with van der Waals surface area (Å²) in [5.41, 5.74) is 13.6. The van der Waals surface area contributed by atoms with Gasteiger partial charge < -0.3 is 9.80 Å². The maximum atomic E-state index is 2.59. The predicted octanol–water partition coefficient (Wildman–Crippen LogP) is 13.0. The highest BCUT2D eigenvalue weighted by molar-refractivity contribution is 6.09. The minimum Gasteiger partial charge on any atom is -0.342 e. The topological polar surface area (TPSA) is 6.48 Å². The maximum absolute atomic E-state index is 2.59. The second-order valence-electron chi connectivity index (χ2n) is 17.5. The van der Waals surface area contributed by atoms with Crippen molar-refractivity contribution >= 4 is 50.8 Å². The molecule has 2 heteroatoms. The molecule has 4 atom stereocenters. The monoisotopic (exact) mass is 724 g/mol. The van der Waals surface area contributed by atoms with Crippen LogP contribution in [-0.4, -0.2) is 12.6 Å².